The Bertz CT molecular complexity index is 975. The standard InChI is InChI=1S/C19H18ClN3O3S/c1-3-23-17(15-10-14(20)7-8-16(15)26-2)21-22-19(23)27-11-12-5-4-6-13(9-12)18(24)25/h4-10H,3,11H2,1-2H3,(H,24,25)/p-1. The van der Waals surface area contributed by atoms with E-state index in [4.69, 9.17) is 16.3 Å². The summed E-state index contributed by atoms with van der Waals surface area (Å²) in [7, 11) is 1.60. The van der Waals surface area contributed by atoms with Gasteiger partial charge in [0.15, 0.2) is 11.0 Å². The normalized spacial score (nSPS) is 10.8. The Morgan fingerprint density at radius 2 is 2.07 bits per heavy atom. The number of thioether (sulfide) groups is 1. The first-order valence-corrected chi connectivity index (χ1v) is 9.60. The van der Waals surface area contributed by atoms with E-state index in [-0.39, 0.29) is 5.56 Å². The van der Waals surface area contributed by atoms with Gasteiger partial charge in [0.25, 0.3) is 0 Å². The van der Waals surface area contributed by atoms with Crippen molar-refractivity contribution in [3.63, 3.8) is 0 Å². The molecule has 0 fully saturated rings. The van der Waals surface area contributed by atoms with Gasteiger partial charge in [-0.15, -0.1) is 10.2 Å². The first kappa shape index (κ1) is 19.3. The van der Waals surface area contributed by atoms with Gasteiger partial charge < -0.3 is 19.2 Å². The zero-order chi connectivity index (χ0) is 19.4. The predicted molar refractivity (Wildman–Crippen MR) is 103 cm³/mol. The molecule has 0 atom stereocenters. The average Bonchev–Trinajstić information content (AvgIpc) is 3.09. The number of rotatable bonds is 7. The molecule has 0 aliphatic heterocycles. The summed E-state index contributed by atoms with van der Waals surface area (Å²) in [6.45, 7) is 2.67. The highest BCUT2D eigenvalue weighted by Gasteiger charge is 2.17. The Balaban J connectivity index is 1.88. The van der Waals surface area contributed by atoms with Gasteiger partial charge in [0, 0.05) is 17.3 Å². The fraction of sp³-hybridized carbons (Fsp3) is 0.211. The molecule has 0 N–H and O–H groups in total. The highest BCUT2D eigenvalue weighted by molar-refractivity contribution is 7.98. The van der Waals surface area contributed by atoms with Crippen LogP contribution in [0.5, 0.6) is 5.75 Å². The SMILES string of the molecule is CCn1c(SCc2cccc(C(=O)[O-])c2)nnc1-c1cc(Cl)ccc1OC. The molecule has 140 valence electrons. The number of hydrogen-bond acceptors (Lipinski definition) is 6. The van der Waals surface area contributed by atoms with Gasteiger partial charge in [-0.3, -0.25) is 0 Å². The predicted octanol–water partition coefficient (Wildman–Crippen LogP) is 3.28. The molecular weight excluding hydrogens is 386 g/mol. The van der Waals surface area contributed by atoms with Gasteiger partial charge in [-0.1, -0.05) is 41.6 Å². The molecule has 0 spiro atoms. The lowest BCUT2D eigenvalue weighted by Gasteiger charge is -2.11. The Kier molecular flexibility index (Phi) is 6.03. The summed E-state index contributed by atoms with van der Waals surface area (Å²) in [6.07, 6.45) is 0. The number of carboxylic acids is 1. The van der Waals surface area contributed by atoms with E-state index in [2.05, 4.69) is 10.2 Å². The molecule has 3 aromatic rings. The van der Waals surface area contributed by atoms with Gasteiger partial charge in [0.1, 0.15) is 5.75 Å². The van der Waals surface area contributed by atoms with E-state index in [1.165, 1.54) is 17.8 Å². The van der Waals surface area contributed by atoms with Crippen molar-refractivity contribution in [3.05, 3.63) is 58.6 Å². The van der Waals surface area contributed by atoms with Gasteiger partial charge in [-0.2, -0.15) is 0 Å². The van der Waals surface area contributed by atoms with Crippen LogP contribution in [0, 0.1) is 0 Å². The fourth-order valence-electron chi connectivity index (χ4n) is 2.67. The summed E-state index contributed by atoms with van der Waals surface area (Å²) in [6, 6.07) is 12.0. The number of benzene rings is 2. The molecule has 0 aliphatic rings. The number of aromatic nitrogens is 3. The van der Waals surface area contributed by atoms with Crippen LogP contribution in [0.15, 0.2) is 47.6 Å². The first-order valence-electron chi connectivity index (χ1n) is 8.23. The highest BCUT2D eigenvalue weighted by atomic mass is 35.5. The molecule has 0 unspecified atom stereocenters. The highest BCUT2D eigenvalue weighted by Crippen LogP contribution is 2.33. The molecule has 0 bridgehead atoms. The molecule has 8 heteroatoms. The topological polar surface area (TPSA) is 80.1 Å². The number of carboxylic acid groups (broad SMARTS) is 1. The minimum Gasteiger partial charge on any atom is -0.545 e. The number of hydrogen-bond donors (Lipinski definition) is 0. The van der Waals surface area contributed by atoms with Gasteiger partial charge >= 0.3 is 0 Å². The lowest BCUT2D eigenvalue weighted by atomic mass is 10.1. The first-order chi connectivity index (χ1) is 13.0. The smallest absolute Gasteiger partial charge is 0.191 e. The second-order valence-corrected chi connectivity index (χ2v) is 7.05. The Morgan fingerprint density at radius 3 is 2.78 bits per heavy atom. The molecule has 0 saturated heterocycles. The van der Waals surface area contributed by atoms with Gasteiger partial charge in [-0.05, 0) is 42.3 Å². The molecule has 3 rings (SSSR count). The lowest BCUT2D eigenvalue weighted by molar-refractivity contribution is -0.255. The molecule has 6 nitrogen and oxygen atoms in total. The average molecular weight is 403 g/mol. The van der Waals surface area contributed by atoms with Crippen molar-refractivity contribution in [2.45, 2.75) is 24.4 Å². The van der Waals surface area contributed by atoms with Crippen LogP contribution in [0.25, 0.3) is 11.4 Å². The maximum absolute atomic E-state index is 11.0. The Labute approximate surface area is 166 Å². The van der Waals surface area contributed by atoms with E-state index in [9.17, 15) is 9.90 Å². The fourth-order valence-corrected chi connectivity index (χ4v) is 3.79. The third kappa shape index (κ3) is 4.26. The summed E-state index contributed by atoms with van der Waals surface area (Å²) < 4.78 is 7.39. The van der Waals surface area contributed by atoms with E-state index >= 15 is 0 Å². The molecule has 0 radical (unpaired) electrons. The van der Waals surface area contributed by atoms with E-state index in [1.54, 1.807) is 37.4 Å². The van der Waals surface area contributed by atoms with Crippen LogP contribution in [-0.2, 0) is 12.3 Å². The zero-order valence-corrected chi connectivity index (χ0v) is 16.4. The molecule has 0 aliphatic carbocycles. The molecule has 1 aromatic heterocycles. The monoisotopic (exact) mass is 402 g/mol. The van der Waals surface area contributed by atoms with E-state index < -0.39 is 5.97 Å². The van der Waals surface area contributed by atoms with Crippen molar-refractivity contribution in [3.8, 4) is 17.1 Å². The minimum atomic E-state index is -1.19. The van der Waals surface area contributed by atoms with Crippen molar-refractivity contribution < 1.29 is 14.6 Å². The Morgan fingerprint density at radius 1 is 1.26 bits per heavy atom. The number of methoxy groups -OCH3 is 1. The lowest BCUT2D eigenvalue weighted by Crippen LogP contribution is -2.22. The van der Waals surface area contributed by atoms with Crippen molar-refractivity contribution in [2.24, 2.45) is 0 Å². The third-order valence-corrected chi connectivity index (χ3v) is 5.24. The maximum atomic E-state index is 11.0. The quantitative estimate of drug-likeness (QED) is 0.564. The molecule has 0 saturated carbocycles. The van der Waals surface area contributed by atoms with Crippen LogP contribution >= 0.6 is 23.4 Å². The number of aromatic carboxylic acids is 1. The summed E-state index contributed by atoms with van der Waals surface area (Å²) in [4.78, 5) is 11.0. The van der Waals surface area contributed by atoms with Crippen LogP contribution in [0.4, 0.5) is 0 Å². The van der Waals surface area contributed by atoms with Crippen LogP contribution in [0.3, 0.4) is 0 Å². The summed E-state index contributed by atoms with van der Waals surface area (Å²) >= 11 is 7.62. The van der Waals surface area contributed by atoms with E-state index in [0.29, 0.717) is 28.9 Å². The van der Waals surface area contributed by atoms with Crippen LogP contribution in [0.1, 0.15) is 22.8 Å². The zero-order valence-electron chi connectivity index (χ0n) is 14.8. The van der Waals surface area contributed by atoms with Gasteiger partial charge in [0.2, 0.25) is 0 Å². The van der Waals surface area contributed by atoms with Gasteiger partial charge in [-0.25, -0.2) is 0 Å². The molecular formula is C19H17ClN3O3S-. The van der Waals surface area contributed by atoms with Crippen molar-refractivity contribution in [2.75, 3.05) is 7.11 Å². The van der Waals surface area contributed by atoms with Crippen LogP contribution in [-0.4, -0.2) is 27.8 Å². The van der Waals surface area contributed by atoms with E-state index in [1.807, 2.05) is 17.6 Å². The summed E-state index contributed by atoms with van der Waals surface area (Å²) in [5.41, 5.74) is 1.80. The minimum absolute atomic E-state index is 0.161. The van der Waals surface area contributed by atoms with Crippen LogP contribution < -0.4 is 9.84 Å². The summed E-state index contributed by atoms with van der Waals surface area (Å²) in [5, 5.41) is 20.9. The molecule has 0 amide bonds. The van der Waals surface area contributed by atoms with Crippen molar-refractivity contribution in [1.29, 1.82) is 0 Å². The van der Waals surface area contributed by atoms with Crippen molar-refractivity contribution >= 4 is 29.3 Å². The van der Waals surface area contributed by atoms with Crippen LogP contribution in [0.2, 0.25) is 5.02 Å². The molecule has 2 aromatic carbocycles. The number of halogens is 1. The van der Waals surface area contributed by atoms with E-state index in [0.717, 1.165) is 16.3 Å². The molecule has 1 heterocycles. The third-order valence-electron chi connectivity index (χ3n) is 3.97. The maximum Gasteiger partial charge on any atom is 0.191 e. The summed E-state index contributed by atoms with van der Waals surface area (Å²) in [5.74, 6) is 0.711. The second-order valence-electron chi connectivity index (χ2n) is 5.67. The molecule has 27 heavy (non-hydrogen) atoms. The number of carbonyl (C=O) groups excluding carboxylic acids is 1. The second kappa shape index (κ2) is 8.45. The van der Waals surface area contributed by atoms with Gasteiger partial charge in [0.05, 0.1) is 18.6 Å². The van der Waals surface area contributed by atoms with Crippen molar-refractivity contribution in [1.82, 2.24) is 14.8 Å². The number of ether oxygens (including phenoxy) is 1. The Hall–Kier alpha value is -2.51. The largest absolute Gasteiger partial charge is 0.545 e. The number of nitrogens with zero attached hydrogens (tertiary/aromatic N) is 3. The number of carbonyl (C=O) groups is 1.